The summed E-state index contributed by atoms with van der Waals surface area (Å²) >= 11 is 0. The Morgan fingerprint density at radius 3 is 2.15 bits per heavy atom. The summed E-state index contributed by atoms with van der Waals surface area (Å²) < 4.78 is 3.85. The predicted molar refractivity (Wildman–Crippen MR) is 44.8 cm³/mol. The Balaban J connectivity index is 0. The number of carboxylic acid groups (broad SMARTS) is 1. The Labute approximate surface area is 86.6 Å². The second-order valence-electron chi connectivity index (χ2n) is 1.90. The number of carboxylic acids is 1. The Morgan fingerprint density at radius 1 is 1.38 bits per heavy atom. The Kier molecular flexibility index (Phi) is 7.66. The van der Waals surface area contributed by atoms with Gasteiger partial charge in [0.15, 0.2) is 0 Å². The third kappa shape index (κ3) is 7.62. The first kappa shape index (κ1) is 14.8. The van der Waals surface area contributed by atoms with E-state index >= 15 is 0 Å². The van der Waals surface area contributed by atoms with Gasteiger partial charge in [-0.05, 0) is 6.92 Å². The topological polar surface area (TPSA) is 104 Å². The fourth-order valence-corrected chi connectivity index (χ4v) is 0.433. The van der Waals surface area contributed by atoms with E-state index < -0.39 is 19.3 Å². The first-order valence-corrected chi connectivity index (χ1v) is 2.92. The van der Waals surface area contributed by atoms with Crippen LogP contribution in [-0.4, -0.2) is 53.3 Å². The van der Waals surface area contributed by atoms with Gasteiger partial charge in [-0.3, -0.25) is 0 Å². The normalized spacial score (nSPS) is 9.92. The molecule has 0 atom stereocenters. The number of carbonyl (C=O) groups excluding carboxylic acids is 1. The molecule has 0 heterocycles. The van der Waals surface area contributed by atoms with Gasteiger partial charge in [0.25, 0.3) is 0 Å². The van der Waals surface area contributed by atoms with Crippen LogP contribution >= 0.6 is 0 Å². The van der Waals surface area contributed by atoms with E-state index in [2.05, 4.69) is 4.65 Å². The molecule has 0 fully saturated rings. The number of hydrogen-bond donors (Lipinski definition) is 3. The molecule has 0 aromatic carbocycles. The van der Waals surface area contributed by atoms with E-state index in [1.807, 2.05) is 0 Å². The van der Waals surface area contributed by atoms with Gasteiger partial charge >= 0.3 is 38.1 Å². The van der Waals surface area contributed by atoms with Gasteiger partial charge in [0, 0.05) is 11.6 Å². The zero-order chi connectivity index (χ0) is 9.72. The van der Waals surface area contributed by atoms with E-state index in [1.165, 1.54) is 6.92 Å². The van der Waals surface area contributed by atoms with Crippen LogP contribution in [0.1, 0.15) is 6.92 Å². The molecule has 0 saturated heterocycles. The zero-order valence-electron chi connectivity index (χ0n) is 6.22. The van der Waals surface area contributed by atoms with Crippen molar-refractivity contribution >= 4 is 38.1 Å². The van der Waals surface area contributed by atoms with E-state index in [0.717, 1.165) is 0 Å². The monoisotopic (exact) mass is 182 g/mol. The molecule has 13 heavy (non-hydrogen) atoms. The van der Waals surface area contributed by atoms with E-state index in [9.17, 15) is 9.59 Å². The van der Waals surface area contributed by atoms with Crippen LogP contribution in [0.25, 0.3) is 0 Å². The van der Waals surface area contributed by atoms with E-state index in [4.69, 9.17) is 15.2 Å². The van der Waals surface area contributed by atoms with Gasteiger partial charge in [-0.2, -0.15) is 0 Å². The third-order valence-electron chi connectivity index (χ3n) is 0.874. The van der Waals surface area contributed by atoms with E-state index in [-0.39, 0.29) is 24.4 Å². The van der Waals surface area contributed by atoms with Gasteiger partial charge in [-0.1, -0.05) is 0 Å². The summed E-state index contributed by atoms with van der Waals surface area (Å²) in [5, 5.41) is 24.4. The summed E-state index contributed by atoms with van der Waals surface area (Å²) in [4.78, 5) is 20.6. The van der Waals surface area contributed by atoms with Crippen molar-refractivity contribution < 1.29 is 29.4 Å². The molecule has 0 aliphatic heterocycles. The van der Waals surface area contributed by atoms with Gasteiger partial charge in [0.05, 0.1) is 0 Å². The third-order valence-corrected chi connectivity index (χ3v) is 0.874. The molecule has 0 aliphatic carbocycles. The van der Waals surface area contributed by atoms with Crippen molar-refractivity contribution in [3.63, 3.8) is 0 Å². The molecule has 0 spiro atoms. The Bertz CT molecular complexity index is 225. The van der Waals surface area contributed by atoms with Crippen molar-refractivity contribution in [2.45, 2.75) is 6.92 Å². The molecule has 0 rings (SSSR count). The summed E-state index contributed by atoms with van der Waals surface area (Å²) in [6, 6.07) is 0. The molecule has 68 valence electrons. The summed E-state index contributed by atoms with van der Waals surface area (Å²) in [7, 11) is -2.23. The molecular formula is C5H8BLiO6. The average molecular weight is 182 g/mol. The summed E-state index contributed by atoms with van der Waals surface area (Å²) in [6.45, 7) is 1.18. The first-order chi connectivity index (χ1) is 5.43. The first-order valence-electron chi connectivity index (χ1n) is 2.92. The van der Waals surface area contributed by atoms with Gasteiger partial charge < -0.3 is 19.8 Å². The minimum atomic E-state index is -2.23. The van der Waals surface area contributed by atoms with Crippen LogP contribution in [0, 0.1) is 0 Å². The fourth-order valence-electron chi connectivity index (χ4n) is 0.433. The number of rotatable bonds is 3. The van der Waals surface area contributed by atoms with Crippen molar-refractivity contribution in [3.05, 3.63) is 11.6 Å². The van der Waals surface area contributed by atoms with E-state index in [0.29, 0.717) is 6.08 Å². The molecule has 0 saturated carbocycles. The van der Waals surface area contributed by atoms with Gasteiger partial charge in [-0.25, -0.2) is 9.59 Å². The van der Waals surface area contributed by atoms with Gasteiger partial charge in [0.2, 0.25) is 0 Å². The van der Waals surface area contributed by atoms with E-state index in [1.54, 1.807) is 0 Å². The second-order valence-corrected chi connectivity index (χ2v) is 1.90. The van der Waals surface area contributed by atoms with Crippen LogP contribution in [0.3, 0.4) is 0 Å². The molecule has 8 heteroatoms. The molecule has 0 unspecified atom stereocenters. The summed E-state index contributed by atoms with van der Waals surface area (Å²) in [6.07, 6.45) is 0.602. The number of aliphatic carboxylic acids is 1. The van der Waals surface area contributed by atoms with Crippen molar-refractivity contribution in [1.29, 1.82) is 0 Å². The standard InChI is InChI=1S/C5H7BO6.Li.H/c1-3(2-4(7)8)5(9)12-6(10)11;;/h2,10-11H,1H3,(H,7,8);;/b3-2-;;. The van der Waals surface area contributed by atoms with Crippen molar-refractivity contribution in [2.24, 2.45) is 0 Å². The molecule has 0 aromatic heterocycles. The Hall–Kier alpha value is -0.738. The molecule has 0 radical (unpaired) electrons. The number of carbonyl (C=O) groups is 2. The van der Waals surface area contributed by atoms with Crippen molar-refractivity contribution in [2.75, 3.05) is 0 Å². The molecule has 6 nitrogen and oxygen atoms in total. The SMILES string of the molecule is C/C(=C/C(=O)O)C(=O)OB(O)O.[LiH]. The molecule has 3 N–H and O–H groups in total. The predicted octanol–water partition coefficient (Wildman–Crippen LogP) is -2.12. The maximum atomic E-state index is 10.6. The van der Waals surface area contributed by atoms with Gasteiger partial charge in [0.1, 0.15) is 0 Å². The minimum absolute atomic E-state index is 0. The van der Waals surface area contributed by atoms with Crippen LogP contribution in [-0.2, 0) is 14.2 Å². The molecule has 0 aromatic rings. The number of hydrogen-bond acceptors (Lipinski definition) is 5. The molecule has 0 amide bonds. The quantitative estimate of drug-likeness (QED) is 0.340. The average Bonchev–Trinajstić information content (AvgIpc) is 1.84. The van der Waals surface area contributed by atoms with Crippen molar-refractivity contribution in [1.82, 2.24) is 0 Å². The van der Waals surface area contributed by atoms with Crippen LogP contribution in [0.15, 0.2) is 11.6 Å². The van der Waals surface area contributed by atoms with Crippen molar-refractivity contribution in [3.8, 4) is 0 Å². The van der Waals surface area contributed by atoms with Gasteiger partial charge in [-0.15, -0.1) is 0 Å². The van der Waals surface area contributed by atoms with Crippen LogP contribution in [0.5, 0.6) is 0 Å². The zero-order valence-corrected chi connectivity index (χ0v) is 6.22. The van der Waals surface area contributed by atoms with Crippen LogP contribution in [0.2, 0.25) is 0 Å². The molecule has 0 bridgehead atoms. The summed E-state index contributed by atoms with van der Waals surface area (Å²) in [5.41, 5.74) is -0.226. The maximum absolute atomic E-state index is 10.6. The summed E-state index contributed by atoms with van der Waals surface area (Å²) in [5.74, 6) is -2.40. The fraction of sp³-hybridized carbons (Fsp3) is 0.200. The van der Waals surface area contributed by atoms with Crippen LogP contribution in [0.4, 0.5) is 0 Å². The molecular weight excluding hydrogens is 174 g/mol. The Morgan fingerprint density at radius 2 is 1.85 bits per heavy atom. The second kappa shape index (κ2) is 6.74. The molecule has 0 aliphatic rings. The van der Waals surface area contributed by atoms with Crippen LogP contribution < -0.4 is 0 Å².